The van der Waals surface area contributed by atoms with Crippen LogP contribution >= 0.6 is 12.2 Å². The van der Waals surface area contributed by atoms with Crippen LogP contribution in [0.3, 0.4) is 0 Å². The maximum Gasteiger partial charge on any atom is 0.170 e. The van der Waals surface area contributed by atoms with E-state index in [1.807, 2.05) is 22.9 Å². The summed E-state index contributed by atoms with van der Waals surface area (Å²) in [4.78, 5) is 6.72. The molecule has 1 aliphatic heterocycles. The Morgan fingerprint density at radius 3 is 2.68 bits per heavy atom. The molecule has 0 radical (unpaired) electrons. The molecule has 4 rings (SSSR count). The summed E-state index contributed by atoms with van der Waals surface area (Å²) in [5.41, 5.74) is 4.26. The van der Waals surface area contributed by atoms with Crippen molar-refractivity contribution < 1.29 is 5.11 Å². The zero-order valence-electron chi connectivity index (χ0n) is 15.9. The number of hydrogen-bond acceptors (Lipinski definition) is 5. The maximum absolute atomic E-state index is 9.36. The molecule has 0 bridgehead atoms. The lowest BCUT2D eigenvalue weighted by molar-refractivity contribution is 0.247. The number of pyridine rings is 1. The van der Waals surface area contributed by atoms with E-state index in [9.17, 15) is 5.11 Å². The third kappa shape index (κ3) is 3.16. The first-order chi connectivity index (χ1) is 13.6. The second kappa shape index (κ2) is 7.69. The summed E-state index contributed by atoms with van der Waals surface area (Å²) in [5.74, 6) is 0. The number of nitrogens with one attached hydrogen (secondary N) is 1. The van der Waals surface area contributed by atoms with Crippen LogP contribution in [0, 0.1) is 13.8 Å². The van der Waals surface area contributed by atoms with Crippen LogP contribution in [0.1, 0.15) is 41.1 Å². The molecule has 146 valence electrons. The van der Waals surface area contributed by atoms with Crippen LogP contribution in [0.25, 0.3) is 0 Å². The lowest BCUT2D eigenvalue weighted by atomic mass is 9.96. The standard InChI is InChI=1S/C19H23N7OS/c1-13-10-15(14(2)26(13)24-11-21-22-12-24)18-17(16-6-3-4-7-20-16)23-19(28)25(18)8-5-9-27/h3-4,6-7,10-12,17-18,27H,5,8-9H2,1-2H3,(H,23,28)/t17-,18+/m1/s1. The Morgan fingerprint density at radius 1 is 1.21 bits per heavy atom. The second-order valence-corrected chi connectivity index (χ2v) is 7.26. The highest BCUT2D eigenvalue weighted by atomic mass is 32.1. The van der Waals surface area contributed by atoms with Gasteiger partial charge in [-0.3, -0.25) is 9.66 Å². The van der Waals surface area contributed by atoms with Gasteiger partial charge in [-0.15, -0.1) is 10.2 Å². The molecule has 8 nitrogen and oxygen atoms in total. The highest BCUT2D eigenvalue weighted by Gasteiger charge is 2.41. The summed E-state index contributed by atoms with van der Waals surface area (Å²) < 4.78 is 3.94. The van der Waals surface area contributed by atoms with E-state index in [2.05, 4.69) is 50.0 Å². The Hall–Kier alpha value is -2.78. The quantitative estimate of drug-likeness (QED) is 0.613. The van der Waals surface area contributed by atoms with Crippen LogP contribution in [0.5, 0.6) is 0 Å². The van der Waals surface area contributed by atoms with Crippen molar-refractivity contribution >= 4 is 17.3 Å². The normalized spacial score (nSPS) is 19.2. The molecule has 1 saturated heterocycles. The van der Waals surface area contributed by atoms with E-state index in [1.54, 1.807) is 18.9 Å². The Kier molecular flexibility index (Phi) is 5.10. The molecule has 0 amide bonds. The molecule has 4 heterocycles. The predicted octanol–water partition coefficient (Wildman–Crippen LogP) is 1.76. The molecule has 3 aromatic rings. The van der Waals surface area contributed by atoms with Gasteiger partial charge in [-0.1, -0.05) is 6.07 Å². The van der Waals surface area contributed by atoms with Gasteiger partial charge < -0.3 is 15.3 Å². The van der Waals surface area contributed by atoms with Crippen molar-refractivity contribution in [3.8, 4) is 0 Å². The fourth-order valence-corrected chi connectivity index (χ4v) is 4.29. The molecule has 1 aliphatic rings. The van der Waals surface area contributed by atoms with E-state index in [1.165, 1.54) is 0 Å². The number of thiocarbonyl (C=S) groups is 1. The van der Waals surface area contributed by atoms with E-state index in [0.717, 1.165) is 22.6 Å². The van der Waals surface area contributed by atoms with Crippen molar-refractivity contribution in [1.82, 2.24) is 34.8 Å². The molecule has 9 heteroatoms. The molecule has 0 aliphatic carbocycles. The van der Waals surface area contributed by atoms with Gasteiger partial charge in [-0.25, -0.2) is 4.68 Å². The van der Waals surface area contributed by atoms with E-state index >= 15 is 0 Å². The molecule has 3 aromatic heterocycles. The first-order valence-electron chi connectivity index (χ1n) is 9.25. The summed E-state index contributed by atoms with van der Waals surface area (Å²) in [6.07, 6.45) is 5.81. The van der Waals surface area contributed by atoms with Crippen LogP contribution in [0.4, 0.5) is 0 Å². The van der Waals surface area contributed by atoms with Crippen LogP contribution in [0.15, 0.2) is 43.1 Å². The highest BCUT2D eigenvalue weighted by molar-refractivity contribution is 7.80. The number of aliphatic hydroxyl groups is 1. The Morgan fingerprint density at radius 2 is 2.00 bits per heavy atom. The maximum atomic E-state index is 9.36. The van der Waals surface area contributed by atoms with Gasteiger partial charge in [0.25, 0.3) is 0 Å². The van der Waals surface area contributed by atoms with Crippen molar-refractivity contribution in [2.75, 3.05) is 13.2 Å². The van der Waals surface area contributed by atoms with Crippen molar-refractivity contribution in [3.63, 3.8) is 0 Å². The van der Waals surface area contributed by atoms with Crippen molar-refractivity contribution in [2.24, 2.45) is 0 Å². The summed E-state index contributed by atoms with van der Waals surface area (Å²) in [7, 11) is 0. The SMILES string of the molecule is Cc1cc([C@H]2[C@@H](c3ccccn3)NC(=S)N2CCCO)c(C)n1-n1cnnc1. The van der Waals surface area contributed by atoms with Gasteiger partial charge >= 0.3 is 0 Å². The predicted molar refractivity (Wildman–Crippen MR) is 109 cm³/mol. The number of aryl methyl sites for hydroxylation is 1. The molecule has 0 aromatic carbocycles. The van der Waals surface area contributed by atoms with Gasteiger partial charge in [-0.05, 0) is 50.7 Å². The molecule has 0 unspecified atom stereocenters. The zero-order valence-corrected chi connectivity index (χ0v) is 16.7. The van der Waals surface area contributed by atoms with Gasteiger partial charge in [0.1, 0.15) is 12.7 Å². The first kappa shape index (κ1) is 18.6. The number of rotatable bonds is 6. The zero-order chi connectivity index (χ0) is 19.7. The van der Waals surface area contributed by atoms with E-state index in [4.69, 9.17) is 12.2 Å². The molecule has 28 heavy (non-hydrogen) atoms. The largest absolute Gasteiger partial charge is 0.396 e. The molecular formula is C19H23N7OS. The molecular weight excluding hydrogens is 374 g/mol. The number of nitrogens with zero attached hydrogens (tertiary/aromatic N) is 6. The third-order valence-electron chi connectivity index (χ3n) is 5.15. The molecule has 2 atom stereocenters. The summed E-state index contributed by atoms with van der Waals surface area (Å²) in [6.45, 7) is 4.95. The summed E-state index contributed by atoms with van der Waals surface area (Å²) in [6, 6.07) is 8.00. The van der Waals surface area contributed by atoms with Crippen LogP contribution in [0.2, 0.25) is 0 Å². The van der Waals surface area contributed by atoms with E-state index in [0.29, 0.717) is 18.1 Å². The topological polar surface area (TPSA) is 84.0 Å². The average Bonchev–Trinajstić information content (AvgIpc) is 3.39. The summed E-state index contributed by atoms with van der Waals surface area (Å²) >= 11 is 5.64. The average molecular weight is 398 g/mol. The molecule has 1 fully saturated rings. The molecule has 2 N–H and O–H groups in total. The number of hydrogen-bond donors (Lipinski definition) is 2. The van der Waals surface area contributed by atoms with Crippen LogP contribution in [-0.2, 0) is 0 Å². The fraction of sp³-hybridized carbons (Fsp3) is 0.368. The smallest absolute Gasteiger partial charge is 0.170 e. The third-order valence-corrected chi connectivity index (χ3v) is 5.50. The second-order valence-electron chi connectivity index (χ2n) is 6.88. The van der Waals surface area contributed by atoms with Crippen LogP contribution < -0.4 is 5.32 Å². The Labute approximate surface area is 168 Å². The number of aromatic nitrogens is 5. The van der Waals surface area contributed by atoms with E-state index in [-0.39, 0.29) is 18.7 Å². The Balaban J connectivity index is 1.81. The minimum absolute atomic E-state index is 0.0228. The van der Waals surface area contributed by atoms with Crippen LogP contribution in [-0.4, -0.2) is 52.8 Å². The van der Waals surface area contributed by atoms with Gasteiger partial charge in [0, 0.05) is 36.3 Å². The Bertz CT molecular complexity index is 954. The minimum Gasteiger partial charge on any atom is -0.396 e. The fourth-order valence-electron chi connectivity index (χ4n) is 3.96. The van der Waals surface area contributed by atoms with Gasteiger partial charge in [0.05, 0.1) is 17.8 Å². The molecule has 0 spiro atoms. The lowest BCUT2D eigenvalue weighted by Crippen LogP contribution is -2.31. The molecule has 0 saturated carbocycles. The minimum atomic E-state index is -0.0674. The van der Waals surface area contributed by atoms with E-state index < -0.39 is 0 Å². The van der Waals surface area contributed by atoms with Gasteiger partial charge in [0.2, 0.25) is 0 Å². The lowest BCUT2D eigenvalue weighted by Gasteiger charge is -2.28. The van der Waals surface area contributed by atoms with Gasteiger partial charge in [0.15, 0.2) is 5.11 Å². The first-order valence-corrected chi connectivity index (χ1v) is 9.65. The van der Waals surface area contributed by atoms with Gasteiger partial charge in [-0.2, -0.15) is 0 Å². The van der Waals surface area contributed by atoms with Crippen molar-refractivity contribution in [2.45, 2.75) is 32.4 Å². The van der Waals surface area contributed by atoms with Crippen molar-refractivity contribution in [3.05, 3.63) is 65.8 Å². The highest BCUT2D eigenvalue weighted by Crippen LogP contribution is 2.40. The van der Waals surface area contributed by atoms with Crippen molar-refractivity contribution in [1.29, 1.82) is 0 Å². The monoisotopic (exact) mass is 397 g/mol. The summed E-state index contributed by atoms with van der Waals surface area (Å²) in [5, 5.41) is 21.3. The number of aliphatic hydroxyl groups excluding tert-OH is 1.